The summed E-state index contributed by atoms with van der Waals surface area (Å²) in [5.74, 6) is 1.87. The molecule has 134 valence electrons. The van der Waals surface area contributed by atoms with Crippen LogP contribution in [0.25, 0.3) is 0 Å². The molecule has 1 aliphatic carbocycles. The lowest BCUT2D eigenvalue weighted by Gasteiger charge is -2.13. The van der Waals surface area contributed by atoms with Crippen molar-refractivity contribution in [2.24, 2.45) is 5.73 Å². The van der Waals surface area contributed by atoms with E-state index in [2.05, 4.69) is 18.8 Å². The van der Waals surface area contributed by atoms with Gasteiger partial charge in [0.2, 0.25) is 5.91 Å². The zero-order valence-electron chi connectivity index (χ0n) is 15.2. The van der Waals surface area contributed by atoms with Crippen molar-refractivity contribution in [3.05, 3.63) is 53.7 Å². The number of hydrogen-bond acceptors (Lipinski definition) is 4. The molecule has 0 aromatic carbocycles. The van der Waals surface area contributed by atoms with Gasteiger partial charge in [-0.1, -0.05) is 38.5 Å². The number of carbonyl (C=O) groups excluding carboxylic acids is 1. The zero-order valence-corrected chi connectivity index (χ0v) is 15.2. The Balaban J connectivity index is 2.13. The number of primary amides is 1. The second kappa shape index (κ2) is 9.16. The van der Waals surface area contributed by atoms with Gasteiger partial charge in [-0.3, -0.25) is 4.79 Å². The highest BCUT2D eigenvalue weighted by molar-refractivity contribution is 5.77. The number of aromatic nitrogens is 2. The summed E-state index contributed by atoms with van der Waals surface area (Å²) in [4.78, 5) is 20.4. The van der Waals surface area contributed by atoms with Gasteiger partial charge in [0, 0.05) is 23.4 Å². The van der Waals surface area contributed by atoms with Gasteiger partial charge in [0.15, 0.2) is 0 Å². The molecule has 5 heteroatoms. The van der Waals surface area contributed by atoms with Crippen LogP contribution in [0.1, 0.15) is 63.4 Å². The number of nitrogens with one attached hydrogen (secondary N) is 1. The summed E-state index contributed by atoms with van der Waals surface area (Å²) in [6.07, 6.45) is 11.6. The van der Waals surface area contributed by atoms with Gasteiger partial charge >= 0.3 is 0 Å². The van der Waals surface area contributed by atoms with E-state index in [-0.39, 0.29) is 12.3 Å². The molecule has 0 unspecified atom stereocenters. The first-order valence-electron chi connectivity index (χ1n) is 8.97. The highest BCUT2D eigenvalue weighted by atomic mass is 16.1. The standard InChI is InChI=1S/C20H28N4O/c1-4-16(11-10-14(3)12-18(21)25)22-19-13-17(5-2)23-20(24-19)15-8-6-7-9-15/h4,10-11,13,15H,3,5-9,12H2,1-2H3,(H2,21,25)(H,22,23,24)/b11-10-,16-4+. The van der Waals surface area contributed by atoms with Gasteiger partial charge in [-0.25, -0.2) is 9.97 Å². The SMILES string of the molecule is C=C(/C=C\C(=C/C)Nc1cc(CC)nc(C2CCCC2)n1)CC(N)=O. The molecular formula is C20H28N4O. The Kier molecular flexibility index (Phi) is 6.92. The number of allylic oxidation sites excluding steroid dienone is 3. The van der Waals surface area contributed by atoms with Crippen LogP contribution in [0.2, 0.25) is 0 Å². The van der Waals surface area contributed by atoms with E-state index in [9.17, 15) is 4.79 Å². The van der Waals surface area contributed by atoms with Crippen LogP contribution in [0.15, 0.2) is 42.1 Å². The van der Waals surface area contributed by atoms with Crippen molar-refractivity contribution in [3.8, 4) is 0 Å². The summed E-state index contributed by atoms with van der Waals surface area (Å²) >= 11 is 0. The molecule has 1 aromatic rings. The zero-order chi connectivity index (χ0) is 18.2. The molecule has 1 fully saturated rings. The summed E-state index contributed by atoms with van der Waals surface area (Å²) in [6.45, 7) is 7.89. The van der Waals surface area contributed by atoms with E-state index in [1.807, 2.05) is 25.1 Å². The molecule has 0 spiro atoms. The smallest absolute Gasteiger partial charge is 0.221 e. The third kappa shape index (κ3) is 5.85. The van der Waals surface area contributed by atoms with Crippen molar-refractivity contribution in [3.63, 3.8) is 0 Å². The molecular weight excluding hydrogens is 312 g/mol. The maximum Gasteiger partial charge on any atom is 0.221 e. The monoisotopic (exact) mass is 340 g/mol. The summed E-state index contributed by atoms with van der Waals surface area (Å²) in [6, 6.07) is 1.99. The van der Waals surface area contributed by atoms with Crippen molar-refractivity contribution in [1.82, 2.24) is 9.97 Å². The Hall–Kier alpha value is -2.43. The summed E-state index contributed by atoms with van der Waals surface area (Å²) in [7, 11) is 0. The lowest BCUT2D eigenvalue weighted by atomic mass is 10.1. The van der Waals surface area contributed by atoms with Crippen LogP contribution in [0.5, 0.6) is 0 Å². The molecule has 5 nitrogen and oxygen atoms in total. The van der Waals surface area contributed by atoms with Gasteiger partial charge in [0.05, 0.1) is 6.42 Å². The van der Waals surface area contributed by atoms with Crippen LogP contribution in [0, 0.1) is 0 Å². The highest BCUT2D eigenvalue weighted by Crippen LogP contribution is 2.32. The van der Waals surface area contributed by atoms with Crippen LogP contribution in [0.4, 0.5) is 5.82 Å². The minimum absolute atomic E-state index is 0.160. The minimum Gasteiger partial charge on any atom is -0.369 e. The average molecular weight is 340 g/mol. The third-order valence-corrected chi connectivity index (χ3v) is 4.36. The van der Waals surface area contributed by atoms with Gasteiger partial charge in [-0.15, -0.1) is 0 Å². The fraction of sp³-hybridized carbons (Fsp3) is 0.450. The molecule has 0 radical (unpaired) electrons. The molecule has 0 aliphatic heterocycles. The lowest BCUT2D eigenvalue weighted by molar-refractivity contribution is -0.117. The Morgan fingerprint density at radius 2 is 2.08 bits per heavy atom. The molecule has 3 N–H and O–H groups in total. The molecule has 1 saturated carbocycles. The maximum atomic E-state index is 10.9. The van der Waals surface area contributed by atoms with Crippen LogP contribution >= 0.6 is 0 Å². The number of aryl methyl sites for hydroxylation is 1. The minimum atomic E-state index is -0.380. The Morgan fingerprint density at radius 1 is 1.36 bits per heavy atom. The van der Waals surface area contributed by atoms with Gasteiger partial charge in [-0.2, -0.15) is 0 Å². The first kappa shape index (κ1) is 18.9. The van der Waals surface area contributed by atoms with Crippen molar-refractivity contribution < 1.29 is 4.79 Å². The Labute approximate surface area is 150 Å². The first-order chi connectivity index (χ1) is 12.0. The van der Waals surface area contributed by atoms with E-state index in [0.717, 1.165) is 29.5 Å². The highest BCUT2D eigenvalue weighted by Gasteiger charge is 2.20. The molecule has 0 bridgehead atoms. The van der Waals surface area contributed by atoms with E-state index in [1.54, 1.807) is 6.08 Å². The van der Waals surface area contributed by atoms with E-state index in [1.165, 1.54) is 25.7 Å². The Morgan fingerprint density at radius 3 is 2.68 bits per heavy atom. The predicted molar refractivity (Wildman–Crippen MR) is 102 cm³/mol. The molecule has 1 aliphatic rings. The molecule has 2 rings (SSSR count). The number of anilines is 1. The fourth-order valence-corrected chi connectivity index (χ4v) is 2.98. The van der Waals surface area contributed by atoms with E-state index < -0.39 is 0 Å². The van der Waals surface area contributed by atoms with Crippen molar-refractivity contribution in [2.45, 2.75) is 58.3 Å². The first-order valence-corrected chi connectivity index (χ1v) is 8.97. The second-order valence-electron chi connectivity index (χ2n) is 6.44. The van der Waals surface area contributed by atoms with Crippen molar-refractivity contribution in [1.29, 1.82) is 0 Å². The molecule has 1 aromatic heterocycles. The number of carbonyl (C=O) groups is 1. The molecule has 0 atom stereocenters. The van der Waals surface area contributed by atoms with Crippen molar-refractivity contribution in [2.75, 3.05) is 5.32 Å². The average Bonchev–Trinajstić information content (AvgIpc) is 3.12. The number of rotatable bonds is 8. The topological polar surface area (TPSA) is 80.9 Å². The molecule has 25 heavy (non-hydrogen) atoms. The summed E-state index contributed by atoms with van der Waals surface area (Å²) < 4.78 is 0. The lowest BCUT2D eigenvalue weighted by Crippen LogP contribution is -2.10. The predicted octanol–water partition coefficient (Wildman–Crippen LogP) is 4.00. The number of hydrogen-bond donors (Lipinski definition) is 2. The Bertz CT molecular complexity index is 685. The van der Waals surface area contributed by atoms with E-state index >= 15 is 0 Å². The largest absolute Gasteiger partial charge is 0.369 e. The third-order valence-electron chi connectivity index (χ3n) is 4.36. The summed E-state index contributed by atoms with van der Waals surface area (Å²) in [5.41, 5.74) is 7.81. The second-order valence-corrected chi connectivity index (χ2v) is 6.44. The van der Waals surface area contributed by atoms with Gasteiger partial charge in [0.1, 0.15) is 11.6 Å². The number of nitrogens with zero attached hydrogens (tertiary/aromatic N) is 2. The maximum absolute atomic E-state index is 10.9. The fourth-order valence-electron chi connectivity index (χ4n) is 2.98. The van der Waals surface area contributed by atoms with Crippen LogP contribution in [0.3, 0.4) is 0 Å². The van der Waals surface area contributed by atoms with E-state index in [4.69, 9.17) is 15.7 Å². The van der Waals surface area contributed by atoms with Crippen LogP contribution in [-0.2, 0) is 11.2 Å². The number of nitrogens with two attached hydrogens (primary N) is 1. The number of amides is 1. The van der Waals surface area contributed by atoms with Crippen molar-refractivity contribution >= 4 is 11.7 Å². The van der Waals surface area contributed by atoms with Gasteiger partial charge < -0.3 is 11.1 Å². The van der Waals surface area contributed by atoms with E-state index in [0.29, 0.717) is 11.5 Å². The van der Waals surface area contributed by atoms with Gasteiger partial charge in [-0.05, 0) is 37.8 Å². The normalized spacial score (nSPS) is 15.7. The molecule has 1 heterocycles. The molecule has 0 saturated heterocycles. The quantitative estimate of drug-likeness (QED) is 0.701. The van der Waals surface area contributed by atoms with Crippen LogP contribution in [-0.4, -0.2) is 15.9 Å². The van der Waals surface area contributed by atoms with Gasteiger partial charge in [0.25, 0.3) is 0 Å². The molecule has 1 amide bonds. The van der Waals surface area contributed by atoms with Crippen LogP contribution < -0.4 is 11.1 Å². The summed E-state index contributed by atoms with van der Waals surface area (Å²) in [5, 5.41) is 3.34.